The molecule has 0 fully saturated rings. The maximum absolute atomic E-state index is 4.76. The van der Waals surface area contributed by atoms with Crippen LogP contribution in [0, 0.1) is 0 Å². The van der Waals surface area contributed by atoms with Gasteiger partial charge in [0.05, 0.1) is 12.3 Å². The molecule has 3 nitrogen and oxygen atoms in total. The monoisotopic (exact) mass is 229 g/mol. The second-order valence-corrected chi connectivity index (χ2v) is 5.12. The van der Waals surface area contributed by atoms with Crippen LogP contribution in [0.25, 0.3) is 0 Å². The minimum atomic E-state index is 0.928. The molecular weight excluding hydrogens is 210 g/mol. The van der Waals surface area contributed by atoms with Crippen LogP contribution in [0.1, 0.15) is 11.1 Å². The Hall–Kier alpha value is -1.35. The van der Waals surface area contributed by atoms with E-state index in [2.05, 4.69) is 42.1 Å². The van der Waals surface area contributed by atoms with E-state index in [1.165, 1.54) is 28.9 Å². The molecule has 3 rings (SSSR count). The number of benzene rings is 1. The van der Waals surface area contributed by atoms with Crippen LogP contribution in [0.5, 0.6) is 0 Å². The highest BCUT2D eigenvalue weighted by Gasteiger charge is 2.25. The fraction of sp³-hybridized carbons (Fsp3) is 0.500. The molecule has 0 saturated carbocycles. The van der Waals surface area contributed by atoms with Crippen LogP contribution < -0.4 is 4.90 Å². The molecule has 1 aromatic rings. The largest absolute Gasteiger partial charge is 0.369 e. The molecule has 0 saturated heterocycles. The summed E-state index contributed by atoms with van der Waals surface area (Å²) in [5.41, 5.74) is 5.55. The molecule has 0 N–H and O–H groups in total. The third-order valence-electron chi connectivity index (χ3n) is 3.54. The molecule has 1 aromatic carbocycles. The minimum absolute atomic E-state index is 0.928. The lowest BCUT2D eigenvalue weighted by molar-refractivity contribution is 0.469. The lowest BCUT2D eigenvalue weighted by Gasteiger charge is -2.19. The van der Waals surface area contributed by atoms with Crippen LogP contribution in [0.15, 0.2) is 23.2 Å². The molecule has 0 aromatic heterocycles. The number of likely N-dealkylation sites (N-methyl/N-ethyl adjacent to an activating group) is 1. The zero-order valence-corrected chi connectivity index (χ0v) is 10.6. The van der Waals surface area contributed by atoms with Gasteiger partial charge >= 0.3 is 0 Å². The zero-order chi connectivity index (χ0) is 11.8. The quantitative estimate of drug-likeness (QED) is 0.763. The standard InChI is InChI=1S/C14H19N3/c1-16(2)10-13-12-5-3-4-11-6-8-17(14(11)12)9-7-15-13/h3-5H,6-10H2,1-2H3. The van der Waals surface area contributed by atoms with Crippen LogP contribution in [-0.4, -0.2) is 50.9 Å². The first kappa shape index (κ1) is 10.8. The minimum Gasteiger partial charge on any atom is -0.369 e. The Labute approximate surface area is 103 Å². The number of rotatable bonds is 2. The second-order valence-electron chi connectivity index (χ2n) is 5.12. The first-order chi connectivity index (χ1) is 8.25. The highest BCUT2D eigenvalue weighted by molar-refractivity contribution is 6.07. The van der Waals surface area contributed by atoms with E-state index in [4.69, 9.17) is 4.99 Å². The van der Waals surface area contributed by atoms with Crippen molar-refractivity contribution in [3.8, 4) is 0 Å². The Balaban J connectivity index is 2.07. The van der Waals surface area contributed by atoms with Crippen LogP contribution >= 0.6 is 0 Å². The number of anilines is 1. The van der Waals surface area contributed by atoms with Crippen molar-refractivity contribution in [2.24, 2.45) is 4.99 Å². The predicted octanol–water partition coefficient (Wildman–Crippen LogP) is 1.41. The van der Waals surface area contributed by atoms with Crippen molar-refractivity contribution >= 4 is 11.4 Å². The molecule has 0 aliphatic carbocycles. The highest BCUT2D eigenvalue weighted by atomic mass is 15.2. The molecule has 0 atom stereocenters. The molecule has 3 heteroatoms. The summed E-state index contributed by atoms with van der Waals surface area (Å²) in [5.74, 6) is 0. The number of para-hydroxylation sites is 1. The van der Waals surface area contributed by atoms with Crippen molar-refractivity contribution in [2.45, 2.75) is 6.42 Å². The zero-order valence-electron chi connectivity index (χ0n) is 10.6. The fourth-order valence-electron chi connectivity index (χ4n) is 2.82. The van der Waals surface area contributed by atoms with Crippen LogP contribution in [0.3, 0.4) is 0 Å². The van der Waals surface area contributed by atoms with Gasteiger partial charge in [-0.05, 0) is 26.1 Å². The van der Waals surface area contributed by atoms with Crippen molar-refractivity contribution < 1.29 is 0 Å². The molecule has 0 radical (unpaired) electrons. The highest BCUT2D eigenvalue weighted by Crippen LogP contribution is 2.33. The van der Waals surface area contributed by atoms with Crippen LogP contribution in [-0.2, 0) is 6.42 Å². The summed E-state index contributed by atoms with van der Waals surface area (Å²) < 4.78 is 0. The lowest BCUT2D eigenvalue weighted by Crippen LogP contribution is -2.24. The molecule has 90 valence electrons. The third kappa shape index (κ3) is 1.84. The van der Waals surface area contributed by atoms with Gasteiger partial charge in [-0.3, -0.25) is 4.99 Å². The summed E-state index contributed by atoms with van der Waals surface area (Å²) in [6.45, 7) is 4.10. The summed E-state index contributed by atoms with van der Waals surface area (Å²) in [6.07, 6.45) is 1.19. The first-order valence-corrected chi connectivity index (χ1v) is 6.31. The van der Waals surface area contributed by atoms with Gasteiger partial charge in [0.25, 0.3) is 0 Å². The fourth-order valence-corrected chi connectivity index (χ4v) is 2.82. The molecule has 0 unspecified atom stereocenters. The Bertz CT molecular complexity index is 463. The van der Waals surface area contributed by atoms with Crippen molar-refractivity contribution in [1.29, 1.82) is 0 Å². The molecule has 0 amide bonds. The van der Waals surface area contributed by atoms with Crippen molar-refractivity contribution in [3.05, 3.63) is 29.3 Å². The average molecular weight is 229 g/mol. The van der Waals surface area contributed by atoms with Crippen LogP contribution in [0.2, 0.25) is 0 Å². The predicted molar refractivity (Wildman–Crippen MR) is 72.3 cm³/mol. The number of nitrogens with zero attached hydrogens (tertiary/aromatic N) is 3. The van der Waals surface area contributed by atoms with Gasteiger partial charge in [0.2, 0.25) is 0 Å². The molecule has 0 spiro atoms. The van der Waals surface area contributed by atoms with E-state index in [1.54, 1.807) is 0 Å². The van der Waals surface area contributed by atoms with Gasteiger partial charge in [-0.1, -0.05) is 18.2 Å². The topological polar surface area (TPSA) is 18.8 Å². The third-order valence-corrected chi connectivity index (χ3v) is 3.54. The number of hydrogen-bond acceptors (Lipinski definition) is 3. The summed E-state index contributed by atoms with van der Waals surface area (Å²) in [6, 6.07) is 6.66. The maximum Gasteiger partial charge on any atom is 0.0582 e. The van der Waals surface area contributed by atoms with E-state index >= 15 is 0 Å². The van der Waals surface area contributed by atoms with Gasteiger partial charge in [0.15, 0.2) is 0 Å². The van der Waals surface area contributed by atoms with E-state index in [0.29, 0.717) is 0 Å². The molecule has 2 heterocycles. The Kier molecular flexibility index (Phi) is 2.63. The van der Waals surface area contributed by atoms with Crippen molar-refractivity contribution in [2.75, 3.05) is 45.2 Å². The van der Waals surface area contributed by atoms with Gasteiger partial charge < -0.3 is 9.80 Å². The molecule has 17 heavy (non-hydrogen) atoms. The maximum atomic E-state index is 4.76. The molecular formula is C14H19N3. The average Bonchev–Trinajstić information content (AvgIpc) is 2.62. The first-order valence-electron chi connectivity index (χ1n) is 6.31. The van der Waals surface area contributed by atoms with E-state index in [9.17, 15) is 0 Å². The van der Waals surface area contributed by atoms with Gasteiger partial charge in [0.1, 0.15) is 0 Å². The van der Waals surface area contributed by atoms with Gasteiger partial charge in [0, 0.05) is 30.9 Å². The Morgan fingerprint density at radius 1 is 1.29 bits per heavy atom. The van der Waals surface area contributed by atoms with E-state index in [1.807, 2.05) is 0 Å². The normalized spacial score (nSPS) is 18.1. The van der Waals surface area contributed by atoms with Gasteiger partial charge in [-0.25, -0.2) is 0 Å². The SMILES string of the molecule is CN(C)CC1=NCCN2CCc3cccc1c32. The molecule has 2 aliphatic heterocycles. The summed E-state index contributed by atoms with van der Waals surface area (Å²) >= 11 is 0. The van der Waals surface area contributed by atoms with Gasteiger partial charge in [-0.15, -0.1) is 0 Å². The molecule has 0 bridgehead atoms. The molecule has 2 aliphatic rings. The number of aliphatic imine (C=N–C) groups is 1. The van der Waals surface area contributed by atoms with E-state index in [-0.39, 0.29) is 0 Å². The Morgan fingerprint density at radius 3 is 3.00 bits per heavy atom. The van der Waals surface area contributed by atoms with Crippen molar-refractivity contribution in [1.82, 2.24) is 4.90 Å². The lowest BCUT2D eigenvalue weighted by atomic mass is 10.0. The van der Waals surface area contributed by atoms with E-state index in [0.717, 1.165) is 26.2 Å². The summed E-state index contributed by atoms with van der Waals surface area (Å²) in [5, 5.41) is 0. The smallest absolute Gasteiger partial charge is 0.0582 e. The number of hydrogen-bond donors (Lipinski definition) is 0. The second kappa shape index (κ2) is 4.15. The summed E-state index contributed by atoms with van der Waals surface area (Å²) in [4.78, 5) is 9.46. The van der Waals surface area contributed by atoms with Crippen molar-refractivity contribution in [3.63, 3.8) is 0 Å². The van der Waals surface area contributed by atoms with Crippen LogP contribution in [0.4, 0.5) is 5.69 Å². The summed E-state index contributed by atoms with van der Waals surface area (Å²) in [7, 11) is 4.21. The Morgan fingerprint density at radius 2 is 2.18 bits per heavy atom. The van der Waals surface area contributed by atoms with E-state index < -0.39 is 0 Å². The van der Waals surface area contributed by atoms with Gasteiger partial charge in [-0.2, -0.15) is 0 Å².